The number of hydrogen-bond donors (Lipinski definition) is 2. The molecule has 2 atom stereocenters. The maximum Gasteiger partial charge on any atom is 0.203 e. The van der Waals surface area contributed by atoms with E-state index in [1.54, 1.807) is 7.05 Å². The fourth-order valence-electron chi connectivity index (χ4n) is 1.82. The number of nitrogens with one attached hydrogen (secondary N) is 1. The molecule has 0 bridgehead atoms. The van der Waals surface area contributed by atoms with Crippen LogP contribution < -0.4 is 11.2 Å². The molecule has 0 saturated carbocycles. The zero-order valence-electron chi connectivity index (χ0n) is 8.75. The molecule has 0 spiro atoms. The number of nitrogens with two attached hydrogens (primary N) is 1. The van der Waals surface area contributed by atoms with E-state index in [9.17, 15) is 0 Å². The zero-order valence-corrected chi connectivity index (χ0v) is 8.75. The van der Waals surface area contributed by atoms with Crippen molar-refractivity contribution in [2.24, 2.45) is 10.7 Å². The van der Waals surface area contributed by atoms with Gasteiger partial charge in [-0.2, -0.15) is 0 Å². The summed E-state index contributed by atoms with van der Waals surface area (Å²) < 4.78 is 0. The summed E-state index contributed by atoms with van der Waals surface area (Å²) in [6.45, 7) is 4.43. The predicted molar refractivity (Wildman–Crippen MR) is 55.3 cm³/mol. The minimum atomic E-state index is 0.501. The second kappa shape index (κ2) is 4.46. The van der Waals surface area contributed by atoms with E-state index >= 15 is 0 Å². The Bertz CT molecular complexity index is 180. The minimum Gasteiger partial charge on any atom is -0.369 e. The fourth-order valence-corrected chi connectivity index (χ4v) is 1.82. The molecule has 1 fully saturated rings. The number of rotatable bonds is 1. The molecule has 3 N–H and O–H groups in total. The number of hydrogen-bond acceptors (Lipinski definition) is 2. The summed E-state index contributed by atoms with van der Waals surface area (Å²) in [7, 11) is 1.70. The molecule has 4 heteroatoms. The van der Waals surface area contributed by atoms with Gasteiger partial charge < -0.3 is 5.73 Å². The van der Waals surface area contributed by atoms with Crippen molar-refractivity contribution in [1.82, 2.24) is 10.4 Å². The molecular weight excluding hydrogens is 164 g/mol. The van der Waals surface area contributed by atoms with E-state index in [-0.39, 0.29) is 0 Å². The third-order valence-corrected chi connectivity index (χ3v) is 2.68. The highest BCUT2D eigenvalue weighted by Crippen LogP contribution is 2.19. The first kappa shape index (κ1) is 10.3. The minimum absolute atomic E-state index is 0.501. The predicted octanol–water partition coefficient (Wildman–Crippen LogP) is 0.698. The summed E-state index contributed by atoms with van der Waals surface area (Å²) in [5, 5.41) is 2.20. The molecule has 1 heterocycles. The van der Waals surface area contributed by atoms with Gasteiger partial charge >= 0.3 is 0 Å². The average molecular weight is 184 g/mol. The molecule has 4 nitrogen and oxygen atoms in total. The van der Waals surface area contributed by atoms with Gasteiger partial charge in [-0.3, -0.25) is 10.4 Å². The van der Waals surface area contributed by atoms with E-state index in [2.05, 4.69) is 29.3 Å². The van der Waals surface area contributed by atoms with Gasteiger partial charge in [0.25, 0.3) is 0 Å². The van der Waals surface area contributed by atoms with Crippen molar-refractivity contribution in [2.45, 2.75) is 45.2 Å². The maximum atomic E-state index is 5.63. The third kappa shape index (κ3) is 2.59. The van der Waals surface area contributed by atoms with Crippen molar-refractivity contribution in [2.75, 3.05) is 7.05 Å². The standard InChI is InChI=1S/C9H20N4/c1-7-5-4-6-8(2)13(7)12-9(10)11-3/h7-8H,4-6H2,1-3H3,(H3,10,11,12). The van der Waals surface area contributed by atoms with E-state index in [0.29, 0.717) is 18.0 Å². The Kier molecular flexibility index (Phi) is 3.54. The highest BCUT2D eigenvalue weighted by atomic mass is 15.6. The molecule has 1 rings (SSSR count). The third-order valence-electron chi connectivity index (χ3n) is 2.68. The SMILES string of the molecule is CN=C(N)NN1C(C)CCCC1C. The largest absolute Gasteiger partial charge is 0.369 e. The van der Waals surface area contributed by atoms with Crippen LogP contribution in [-0.2, 0) is 0 Å². The Morgan fingerprint density at radius 3 is 2.38 bits per heavy atom. The molecule has 0 aromatic carbocycles. The highest BCUT2D eigenvalue weighted by Gasteiger charge is 2.24. The van der Waals surface area contributed by atoms with Gasteiger partial charge in [0, 0.05) is 19.1 Å². The second-order valence-corrected chi connectivity index (χ2v) is 3.76. The van der Waals surface area contributed by atoms with E-state index in [4.69, 9.17) is 5.73 Å². The first-order chi connectivity index (χ1) is 6.15. The van der Waals surface area contributed by atoms with Gasteiger partial charge in [0.15, 0.2) is 0 Å². The van der Waals surface area contributed by atoms with Crippen LogP contribution in [0.4, 0.5) is 0 Å². The van der Waals surface area contributed by atoms with Gasteiger partial charge in [-0.15, -0.1) is 0 Å². The Balaban J connectivity index is 2.53. The maximum absolute atomic E-state index is 5.63. The molecule has 1 aliphatic heterocycles. The summed E-state index contributed by atoms with van der Waals surface area (Å²) in [5.74, 6) is 0.501. The van der Waals surface area contributed by atoms with Gasteiger partial charge in [0.05, 0.1) is 0 Å². The van der Waals surface area contributed by atoms with Gasteiger partial charge in [-0.1, -0.05) is 6.42 Å². The van der Waals surface area contributed by atoms with Gasteiger partial charge in [0.1, 0.15) is 0 Å². The van der Waals surface area contributed by atoms with Gasteiger partial charge in [-0.05, 0) is 26.7 Å². The Morgan fingerprint density at radius 1 is 1.38 bits per heavy atom. The molecule has 2 unspecified atom stereocenters. The lowest BCUT2D eigenvalue weighted by molar-refractivity contribution is 0.0734. The monoisotopic (exact) mass is 184 g/mol. The van der Waals surface area contributed by atoms with Crippen LogP contribution in [0.1, 0.15) is 33.1 Å². The number of aliphatic imine (C=N–C) groups is 1. The van der Waals surface area contributed by atoms with Crippen molar-refractivity contribution in [1.29, 1.82) is 0 Å². The van der Waals surface area contributed by atoms with Crippen LogP contribution >= 0.6 is 0 Å². The molecule has 13 heavy (non-hydrogen) atoms. The number of hydrazine groups is 1. The topological polar surface area (TPSA) is 53.6 Å². The Labute approximate surface area is 80.2 Å². The number of guanidine groups is 1. The summed E-state index contributed by atoms with van der Waals surface area (Å²) in [5.41, 5.74) is 8.75. The van der Waals surface area contributed by atoms with Gasteiger partial charge in [0.2, 0.25) is 5.96 Å². The highest BCUT2D eigenvalue weighted by molar-refractivity contribution is 5.77. The van der Waals surface area contributed by atoms with Crippen LogP contribution in [0.5, 0.6) is 0 Å². The average Bonchev–Trinajstić information content (AvgIpc) is 2.11. The molecule has 0 aromatic heterocycles. The lowest BCUT2D eigenvalue weighted by atomic mass is 10.00. The van der Waals surface area contributed by atoms with Crippen LogP contribution in [0.25, 0.3) is 0 Å². The zero-order chi connectivity index (χ0) is 9.84. The van der Waals surface area contributed by atoms with Crippen LogP contribution in [-0.4, -0.2) is 30.1 Å². The second-order valence-electron chi connectivity index (χ2n) is 3.76. The van der Waals surface area contributed by atoms with Crippen molar-refractivity contribution >= 4 is 5.96 Å². The fraction of sp³-hybridized carbons (Fsp3) is 0.889. The van der Waals surface area contributed by atoms with Crippen molar-refractivity contribution in [3.63, 3.8) is 0 Å². The van der Waals surface area contributed by atoms with Crippen molar-refractivity contribution in [3.05, 3.63) is 0 Å². The quantitative estimate of drug-likeness (QED) is 0.466. The van der Waals surface area contributed by atoms with E-state index in [1.807, 2.05) is 0 Å². The first-order valence-corrected chi connectivity index (χ1v) is 4.92. The molecule has 0 radical (unpaired) electrons. The molecule has 0 aromatic rings. The normalized spacial score (nSPS) is 31.8. The lowest BCUT2D eigenvalue weighted by Crippen LogP contribution is -2.56. The van der Waals surface area contributed by atoms with E-state index < -0.39 is 0 Å². The number of piperidine rings is 1. The van der Waals surface area contributed by atoms with Crippen molar-refractivity contribution in [3.8, 4) is 0 Å². The summed E-state index contributed by atoms with van der Waals surface area (Å²) in [4.78, 5) is 3.89. The van der Waals surface area contributed by atoms with Crippen LogP contribution in [0.2, 0.25) is 0 Å². The van der Waals surface area contributed by atoms with Crippen molar-refractivity contribution < 1.29 is 0 Å². The van der Waals surface area contributed by atoms with E-state index in [1.165, 1.54) is 19.3 Å². The summed E-state index contributed by atoms with van der Waals surface area (Å²) in [6, 6.07) is 1.09. The molecule has 0 amide bonds. The van der Waals surface area contributed by atoms with Crippen LogP contribution in [0, 0.1) is 0 Å². The van der Waals surface area contributed by atoms with Gasteiger partial charge in [-0.25, -0.2) is 5.01 Å². The van der Waals surface area contributed by atoms with E-state index in [0.717, 1.165) is 0 Å². The van der Waals surface area contributed by atoms with Crippen LogP contribution in [0.3, 0.4) is 0 Å². The first-order valence-electron chi connectivity index (χ1n) is 4.92. The Hall–Kier alpha value is -0.770. The molecule has 76 valence electrons. The molecular formula is C9H20N4. The van der Waals surface area contributed by atoms with Crippen LogP contribution in [0.15, 0.2) is 4.99 Å². The summed E-state index contributed by atoms with van der Waals surface area (Å²) in [6.07, 6.45) is 3.77. The number of nitrogens with zero attached hydrogens (tertiary/aromatic N) is 2. The Morgan fingerprint density at radius 2 is 1.92 bits per heavy atom. The summed E-state index contributed by atoms with van der Waals surface area (Å²) >= 11 is 0. The lowest BCUT2D eigenvalue weighted by Gasteiger charge is -2.38. The molecule has 1 saturated heterocycles. The smallest absolute Gasteiger partial charge is 0.203 e. The molecule has 1 aliphatic rings. The molecule has 0 aliphatic carbocycles.